The lowest BCUT2D eigenvalue weighted by molar-refractivity contribution is 0.306. The summed E-state index contributed by atoms with van der Waals surface area (Å²) >= 11 is 0. The summed E-state index contributed by atoms with van der Waals surface area (Å²) in [6.45, 7) is 3.49. The number of nitrogens with zero attached hydrogens (tertiary/aromatic N) is 4. The molecule has 1 aromatic carbocycles. The molecule has 0 N–H and O–H groups in total. The smallest absolute Gasteiger partial charge is 0.136 e. The van der Waals surface area contributed by atoms with Crippen LogP contribution in [0, 0.1) is 11.3 Å². The van der Waals surface area contributed by atoms with Crippen LogP contribution in [0.3, 0.4) is 0 Å². The first-order valence-corrected chi connectivity index (χ1v) is 8.79. The Morgan fingerprint density at radius 3 is 3.00 bits per heavy atom. The standard InChI is InChI=1S/C21H18N4O2/c1-2-7-25-13-15(11-24-25)14-26-18-3-4-20-16(8-18)9-21(27-20)19-5-6-23-12-17(19)10-22/h3-6,8-9,11-13H,2,7,14H2,1H3. The molecule has 3 heterocycles. The van der Waals surface area contributed by atoms with Gasteiger partial charge < -0.3 is 9.15 Å². The van der Waals surface area contributed by atoms with Crippen LogP contribution in [-0.2, 0) is 13.2 Å². The molecule has 3 aromatic heterocycles. The van der Waals surface area contributed by atoms with E-state index < -0.39 is 0 Å². The van der Waals surface area contributed by atoms with E-state index in [-0.39, 0.29) is 0 Å². The van der Waals surface area contributed by atoms with Crippen molar-refractivity contribution < 1.29 is 9.15 Å². The minimum Gasteiger partial charge on any atom is -0.489 e. The summed E-state index contributed by atoms with van der Waals surface area (Å²) in [5.41, 5.74) is 2.99. The molecule has 0 amide bonds. The Balaban J connectivity index is 1.55. The van der Waals surface area contributed by atoms with Crippen molar-refractivity contribution >= 4 is 11.0 Å². The van der Waals surface area contributed by atoms with E-state index in [0.717, 1.165) is 40.8 Å². The number of benzene rings is 1. The van der Waals surface area contributed by atoms with E-state index in [1.807, 2.05) is 41.3 Å². The quantitative estimate of drug-likeness (QED) is 0.505. The van der Waals surface area contributed by atoms with Crippen LogP contribution >= 0.6 is 0 Å². The maximum absolute atomic E-state index is 9.25. The van der Waals surface area contributed by atoms with Crippen LogP contribution in [0.2, 0.25) is 0 Å². The molecule has 0 unspecified atom stereocenters. The number of furan rings is 1. The summed E-state index contributed by atoms with van der Waals surface area (Å²) in [5.74, 6) is 1.40. The first-order valence-electron chi connectivity index (χ1n) is 8.79. The molecule has 0 aliphatic heterocycles. The summed E-state index contributed by atoms with van der Waals surface area (Å²) in [4.78, 5) is 3.99. The molecule has 0 fully saturated rings. The summed E-state index contributed by atoms with van der Waals surface area (Å²) in [6, 6.07) is 11.5. The number of rotatable bonds is 6. The Morgan fingerprint density at radius 2 is 2.15 bits per heavy atom. The second-order valence-corrected chi connectivity index (χ2v) is 6.24. The van der Waals surface area contributed by atoms with Gasteiger partial charge in [0.2, 0.25) is 0 Å². The molecule has 4 rings (SSSR count). The second-order valence-electron chi connectivity index (χ2n) is 6.24. The Labute approximate surface area is 156 Å². The fourth-order valence-electron chi connectivity index (χ4n) is 2.94. The van der Waals surface area contributed by atoms with Gasteiger partial charge in [-0.15, -0.1) is 0 Å². The van der Waals surface area contributed by atoms with Crippen LogP contribution < -0.4 is 4.74 Å². The zero-order chi connectivity index (χ0) is 18.6. The average molecular weight is 358 g/mol. The first-order chi connectivity index (χ1) is 13.3. The Hall–Kier alpha value is -3.59. The molecule has 27 heavy (non-hydrogen) atoms. The van der Waals surface area contributed by atoms with Crippen molar-refractivity contribution in [1.29, 1.82) is 5.26 Å². The number of aromatic nitrogens is 3. The number of aryl methyl sites for hydroxylation is 1. The van der Waals surface area contributed by atoms with Gasteiger partial charge in [-0.2, -0.15) is 10.4 Å². The van der Waals surface area contributed by atoms with Crippen LogP contribution in [-0.4, -0.2) is 14.8 Å². The van der Waals surface area contributed by atoms with Crippen LogP contribution in [0.15, 0.2) is 59.5 Å². The van der Waals surface area contributed by atoms with Crippen molar-refractivity contribution in [3.05, 3.63) is 66.2 Å². The highest BCUT2D eigenvalue weighted by Crippen LogP contribution is 2.31. The zero-order valence-corrected chi connectivity index (χ0v) is 14.9. The summed E-state index contributed by atoms with van der Waals surface area (Å²) in [5, 5.41) is 14.5. The molecular formula is C21H18N4O2. The molecule has 0 aliphatic rings. The van der Waals surface area contributed by atoms with Gasteiger partial charge in [-0.05, 0) is 36.8 Å². The maximum atomic E-state index is 9.25. The third kappa shape index (κ3) is 3.53. The third-order valence-corrected chi connectivity index (χ3v) is 4.24. The second kappa shape index (κ2) is 7.34. The molecule has 6 heteroatoms. The predicted molar refractivity (Wildman–Crippen MR) is 101 cm³/mol. The fraction of sp³-hybridized carbons (Fsp3) is 0.190. The van der Waals surface area contributed by atoms with Gasteiger partial charge in [0.1, 0.15) is 29.8 Å². The summed E-state index contributed by atoms with van der Waals surface area (Å²) in [7, 11) is 0. The van der Waals surface area contributed by atoms with E-state index in [9.17, 15) is 5.26 Å². The van der Waals surface area contributed by atoms with Gasteiger partial charge in [-0.3, -0.25) is 9.67 Å². The minimum absolute atomic E-state index is 0.461. The van der Waals surface area contributed by atoms with Crippen molar-refractivity contribution in [2.75, 3.05) is 0 Å². The molecule has 0 aliphatic carbocycles. The Morgan fingerprint density at radius 1 is 1.22 bits per heavy atom. The Bertz CT molecular complexity index is 1120. The number of hydrogen-bond donors (Lipinski definition) is 0. The number of fused-ring (bicyclic) bond motifs is 1. The zero-order valence-electron chi connectivity index (χ0n) is 14.9. The first kappa shape index (κ1) is 16.9. The highest BCUT2D eigenvalue weighted by Gasteiger charge is 2.11. The van der Waals surface area contributed by atoms with E-state index in [4.69, 9.17) is 9.15 Å². The van der Waals surface area contributed by atoms with Crippen molar-refractivity contribution in [3.8, 4) is 23.1 Å². The van der Waals surface area contributed by atoms with Gasteiger partial charge >= 0.3 is 0 Å². The fourth-order valence-corrected chi connectivity index (χ4v) is 2.94. The Kier molecular flexibility index (Phi) is 4.58. The van der Waals surface area contributed by atoms with Crippen LogP contribution in [0.1, 0.15) is 24.5 Å². The number of hydrogen-bond acceptors (Lipinski definition) is 5. The van der Waals surface area contributed by atoms with Gasteiger partial charge in [-0.25, -0.2) is 0 Å². The van der Waals surface area contributed by atoms with Gasteiger partial charge in [0, 0.05) is 41.6 Å². The third-order valence-electron chi connectivity index (χ3n) is 4.24. The van der Waals surface area contributed by atoms with E-state index in [2.05, 4.69) is 23.1 Å². The van der Waals surface area contributed by atoms with Gasteiger partial charge in [0.05, 0.1) is 11.8 Å². The molecule has 6 nitrogen and oxygen atoms in total. The van der Waals surface area contributed by atoms with Gasteiger partial charge in [0.25, 0.3) is 0 Å². The maximum Gasteiger partial charge on any atom is 0.136 e. The highest BCUT2D eigenvalue weighted by molar-refractivity contribution is 5.85. The number of pyridine rings is 1. The predicted octanol–water partition coefficient (Wildman–Crippen LogP) is 4.55. The van der Waals surface area contributed by atoms with E-state index in [1.165, 1.54) is 6.20 Å². The molecule has 0 saturated carbocycles. The molecule has 134 valence electrons. The molecule has 0 radical (unpaired) electrons. The van der Waals surface area contributed by atoms with Crippen LogP contribution in [0.4, 0.5) is 0 Å². The minimum atomic E-state index is 0.461. The monoisotopic (exact) mass is 358 g/mol. The highest BCUT2D eigenvalue weighted by atomic mass is 16.5. The lowest BCUT2D eigenvalue weighted by atomic mass is 10.1. The topological polar surface area (TPSA) is 76.9 Å². The van der Waals surface area contributed by atoms with Crippen molar-refractivity contribution in [2.45, 2.75) is 26.5 Å². The van der Waals surface area contributed by atoms with Crippen molar-refractivity contribution in [1.82, 2.24) is 14.8 Å². The largest absolute Gasteiger partial charge is 0.489 e. The molecular weight excluding hydrogens is 340 g/mol. The summed E-state index contributed by atoms with van der Waals surface area (Å²) < 4.78 is 13.7. The number of nitriles is 1. The molecule has 4 aromatic rings. The molecule has 0 bridgehead atoms. The molecule has 0 spiro atoms. The van der Waals surface area contributed by atoms with E-state index >= 15 is 0 Å². The summed E-state index contributed by atoms with van der Waals surface area (Å²) in [6.07, 6.45) is 8.07. The normalized spacial score (nSPS) is 10.8. The van der Waals surface area contributed by atoms with Crippen molar-refractivity contribution in [2.24, 2.45) is 0 Å². The van der Waals surface area contributed by atoms with Gasteiger partial charge in [0.15, 0.2) is 0 Å². The van der Waals surface area contributed by atoms with Crippen LogP contribution in [0.25, 0.3) is 22.3 Å². The van der Waals surface area contributed by atoms with Gasteiger partial charge in [-0.1, -0.05) is 6.92 Å². The van der Waals surface area contributed by atoms with Crippen molar-refractivity contribution in [3.63, 3.8) is 0 Å². The lowest BCUT2D eigenvalue weighted by Gasteiger charge is -2.04. The van der Waals surface area contributed by atoms with Crippen LogP contribution in [0.5, 0.6) is 5.75 Å². The van der Waals surface area contributed by atoms with E-state index in [0.29, 0.717) is 17.9 Å². The molecule has 0 saturated heterocycles. The lowest BCUT2D eigenvalue weighted by Crippen LogP contribution is -1.97. The SMILES string of the molecule is CCCn1cc(COc2ccc3oc(-c4ccncc4C#N)cc3c2)cn1. The van der Waals surface area contributed by atoms with E-state index in [1.54, 1.807) is 12.3 Å². The molecule has 0 atom stereocenters. The number of ether oxygens (including phenoxy) is 1. The average Bonchev–Trinajstić information content (AvgIpc) is 3.32.